The number of esters is 1. The van der Waals surface area contributed by atoms with Gasteiger partial charge in [0.1, 0.15) is 11.3 Å². The van der Waals surface area contributed by atoms with Gasteiger partial charge in [-0.2, -0.15) is 13.2 Å². The Morgan fingerprint density at radius 3 is 2.53 bits per heavy atom. The van der Waals surface area contributed by atoms with Crippen molar-refractivity contribution >= 4 is 49.5 Å². The van der Waals surface area contributed by atoms with Crippen LogP contribution in [0.1, 0.15) is 63.3 Å². The molecule has 0 saturated carbocycles. The third-order valence-corrected chi connectivity index (χ3v) is 7.31. The van der Waals surface area contributed by atoms with Crippen LogP contribution in [0.15, 0.2) is 22.4 Å². The molecule has 1 aromatic carbocycles. The lowest BCUT2D eigenvalue weighted by atomic mass is 9.94. The highest BCUT2D eigenvalue weighted by atomic mass is 32.2. The highest BCUT2D eigenvalue weighted by Gasteiger charge is 2.36. The number of hydrogen-bond acceptors (Lipinski definition) is 10. The van der Waals surface area contributed by atoms with Gasteiger partial charge in [-0.15, -0.1) is 20.4 Å². The number of rotatable bonds is 8. The number of ether oxygens (including phenoxy) is 1. The van der Waals surface area contributed by atoms with E-state index in [2.05, 4.69) is 25.3 Å². The lowest BCUT2D eigenvalue weighted by molar-refractivity contribution is -0.106. The molecule has 3 rings (SSSR count). The van der Waals surface area contributed by atoms with E-state index in [4.69, 9.17) is 4.74 Å². The first-order valence-electron chi connectivity index (χ1n) is 11.9. The summed E-state index contributed by atoms with van der Waals surface area (Å²) in [4.78, 5) is 14.3. The SMILES string of the molecule is CC(C)CN1c2cc(NS(=O)(=O)CC(F)(F)F)c(N=Nc3nnc(C(=O)OC(C)(C)C)s3)cc2CCC1C. The quantitative estimate of drug-likeness (QED) is 0.301. The lowest BCUT2D eigenvalue weighted by Gasteiger charge is -2.38. The average molecular weight is 577 g/mol. The Morgan fingerprint density at radius 2 is 1.92 bits per heavy atom. The van der Waals surface area contributed by atoms with Crippen LogP contribution in [-0.4, -0.2) is 54.7 Å². The van der Waals surface area contributed by atoms with Crippen LogP contribution in [0.5, 0.6) is 0 Å². The maximum atomic E-state index is 12.9. The van der Waals surface area contributed by atoms with E-state index in [0.29, 0.717) is 18.9 Å². The van der Waals surface area contributed by atoms with Gasteiger partial charge in [0.05, 0.1) is 5.69 Å². The van der Waals surface area contributed by atoms with Crippen LogP contribution in [0.3, 0.4) is 0 Å². The van der Waals surface area contributed by atoms with Crippen LogP contribution >= 0.6 is 11.3 Å². The van der Waals surface area contributed by atoms with Crippen molar-refractivity contribution in [2.75, 3.05) is 21.9 Å². The Morgan fingerprint density at radius 1 is 1.24 bits per heavy atom. The monoisotopic (exact) mass is 576 g/mol. The largest absolute Gasteiger partial charge is 0.455 e. The van der Waals surface area contributed by atoms with Gasteiger partial charge in [0.25, 0.3) is 5.13 Å². The smallest absolute Gasteiger partial charge is 0.404 e. The molecule has 0 bridgehead atoms. The number of aromatic nitrogens is 2. The van der Waals surface area contributed by atoms with E-state index in [1.54, 1.807) is 26.8 Å². The van der Waals surface area contributed by atoms with E-state index in [9.17, 15) is 26.4 Å². The number of nitrogens with one attached hydrogen (secondary N) is 1. The van der Waals surface area contributed by atoms with Gasteiger partial charge in [-0.25, -0.2) is 13.2 Å². The Labute approximate surface area is 223 Å². The Kier molecular flexibility index (Phi) is 8.71. The molecular weight excluding hydrogens is 545 g/mol. The third kappa shape index (κ3) is 8.35. The van der Waals surface area contributed by atoms with Crippen LogP contribution in [0.25, 0.3) is 0 Å². The molecule has 38 heavy (non-hydrogen) atoms. The standard InChI is InChI=1S/C23H31F3N6O4S2/c1-13(2)11-32-14(3)7-8-15-9-16(17(10-18(15)32)31-38(34,35)12-23(24,25)26)27-29-21-30-28-19(37-21)20(33)36-22(4,5)6/h9-10,13-14,31H,7-8,11-12H2,1-6H3. The second kappa shape index (κ2) is 11.1. The molecule has 1 atom stereocenters. The molecular formula is C23H31F3N6O4S2. The number of halogens is 3. The van der Waals surface area contributed by atoms with Crippen molar-refractivity contribution in [1.82, 2.24) is 10.2 Å². The molecule has 2 aromatic rings. The molecule has 1 unspecified atom stereocenters. The molecule has 0 radical (unpaired) electrons. The minimum Gasteiger partial charge on any atom is -0.455 e. The fraction of sp³-hybridized carbons (Fsp3) is 0.609. The van der Waals surface area contributed by atoms with Crippen molar-refractivity contribution in [2.45, 2.75) is 72.2 Å². The summed E-state index contributed by atoms with van der Waals surface area (Å²) >= 11 is 0.811. The second-order valence-corrected chi connectivity index (χ2v) is 13.2. The predicted octanol–water partition coefficient (Wildman–Crippen LogP) is 6.01. The number of aryl methyl sites for hydroxylation is 1. The van der Waals surface area contributed by atoms with Crippen molar-refractivity contribution in [3.63, 3.8) is 0 Å². The molecule has 2 heterocycles. The Balaban J connectivity index is 2.00. The third-order valence-electron chi connectivity index (χ3n) is 5.28. The number of carbonyl (C=O) groups is 1. The summed E-state index contributed by atoms with van der Waals surface area (Å²) in [5.74, 6) is -2.44. The molecule has 0 saturated heterocycles. The molecule has 1 aliphatic rings. The normalized spacial score (nSPS) is 16.7. The van der Waals surface area contributed by atoms with Crippen molar-refractivity contribution in [3.8, 4) is 0 Å². The number of carbonyl (C=O) groups excluding carboxylic acids is 1. The number of anilines is 2. The number of alkyl halides is 3. The molecule has 0 spiro atoms. The van der Waals surface area contributed by atoms with Crippen LogP contribution in [0, 0.1) is 5.92 Å². The highest BCUT2D eigenvalue weighted by Crippen LogP contribution is 2.40. The second-order valence-electron chi connectivity index (χ2n) is 10.5. The number of nitrogens with zero attached hydrogens (tertiary/aromatic N) is 5. The molecule has 1 aliphatic heterocycles. The first-order chi connectivity index (χ1) is 17.4. The van der Waals surface area contributed by atoms with Gasteiger partial charge in [-0.05, 0) is 64.2 Å². The zero-order valence-corrected chi connectivity index (χ0v) is 23.6. The zero-order valence-electron chi connectivity index (χ0n) is 22.0. The van der Waals surface area contributed by atoms with Gasteiger partial charge in [-0.3, -0.25) is 4.72 Å². The highest BCUT2D eigenvalue weighted by molar-refractivity contribution is 7.92. The molecule has 0 fully saturated rings. The van der Waals surface area contributed by atoms with Crippen molar-refractivity contribution in [1.29, 1.82) is 0 Å². The van der Waals surface area contributed by atoms with E-state index in [-0.39, 0.29) is 27.6 Å². The van der Waals surface area contributed by atoms with Gasteiger partial charge in [0, 0.05) is 18.3 Å². The fourth-order valence-corrected chi connectivity index (χ4v) is 5.40. The maximum absolute atomic E-state index is 12.9. The summed E-state index contributed by atoms with van der Waals surface area (Å²) in [5, 5.41) is 15.5. The van der Waals surface area contributed by atoms with E-state index >= 15 is 0 Å². The summed E-state index contributed by atoms with van der Waals surface area (Å²) in [6.07, 6.45) is -3.42. The van der Waals surface area contributed by atoms with Crippen molar-refractivity contribution < 1.29 is 31.1 Å². The number of hydrogen-bond donors (Lipinski definition) is 1. The van der Waals surface area contributed by atoms with Crippen LogP contribution in [-0.2, 0) is 21.2 Å². The van der Waals surface area contributed by atoms with Gasteiger partial charge in [-0.1, -0.05) is 25.2 Å². The minimum atomic E-state index is -4.93. The van der Waals surface area contributed by atoms with Crippen molar-refractivity contribution in [2.24, 2.45) is 16.1 Å². The summed E-state index contributed by atoms with van der Waals surface area (Å²) in [5.41, 5.74) is 0.725. The van der Waals surface area contributed by atoms with Crippen LogP contribution in [0.2, 0.25) is 0 Å². The first-order valence-corrected chi connectivity index (χ1v) is 14.4. The fourth-order valence-electron chi connectivity index (χ4n) is 3.86. The molecule has 1 N–H and O–H groups in total. The Bertz CT molecular complexity index is 1300. The first kappa shape index (κ1) is 29.7. The van der Waals surface area contributed by atoms with E-state index in [1.807, 2.05) is 25.5 Å². The molecule has 0 aliphatic carbocycles. The number of azo groups is 1. The molecule has 210 valence electrons. The average Bonchev–Trinajstić information content (AvgIpc) is 3.20. The lowest BCUT2D eigenvalue weighted by Crippen LogP contribution is -2.39. The summed E-state index contributed by atoms with van der Waals surface area (Å²) in [7, 11) is -4.78. The molecule has 1 aromatic heterocycles. The number of fused-ring (bicyclic) bond motifs is 1. The summed E-state index contributed by atoms with van der Waals surface area (Å²) < 4.78 is 70.7. The van der Waals surface area contributed by atoms with Gasteiger partial charge >= 0.3 is 12.1 Å². The zero-order chi connectivity index (χ0) is 28.5. The van der Waals surface area contributed by atoms with Crippen LogP contribution < -0.4 is 9.62 Å². The van der Waals surface area contributed by atoms with Gasteiger partial charge in [0.2, 0.25) is 15.0 Å². The molecule has 15 heteroatoms. The van der Waals surface area contributed by atoms with Gasteiger partial charge < -0.3 is 9.64 Å². The number of benzene rings is 1. The summed E-state index contributed by atoms with van der Waals surface area (Å²) in [6, 6.07) is 3.27. The van der Waals surface area contributed by atoms with Crippen LogP contribution in [0.4, 0.5) is 35.4 Å². The van der Waals surface area contributed by atoms with Crippen molar-refractivity contribution in [3.05, 3.63) is 22.7 Å². The van der Waals surface area contributed by atoms with E-state index in [0.717, 1.165) is 29.0 Å². The van der Waals surface area contributed by atoms with Gasteiger partial charge in [0.15, 0.2) is 5.75 Å². The molecule has 0 amide bonds. The van der Waals surface area contributed by atoms with E-state index in [1.165, 1.54) is 6.07 Å². The van der Waals surface area contributed by atoms with E-state index < -0.39 is 33.5 Å². The Hall–Kier alpha value is -2.81. The number of sulfonamides is 1. The minimum absolute atomic E-state index is 0.0114. The summed E-state index contributed by atoms with van der Waals surface area (Å²) in [6.45, 7) is 11.9. The predicted molar refractivity (Wildman–Crippen MR) is 139 cm³/mol. The topological polar surface area (TPSA) is 126 Å². The maximum Gasteiger partial charge on any atom is 0.404 e. The molecule has 10 nitrogen and oxygen atoms in total.